The van der Waals surface area contributed by atoms with Crippen molar-refractivity contribution in [3.8, 4) is 0 Å². The van der Waals surface area contributed by atoms with Crippen LogP contribution in [0.5, 0.6) is 0 Å². The Morgan fingerprint density at radius 1 is 1.15 bits per heavy atom. The zero-order valence-electron chi connectivity index (χ0n) is 22.7. The summed E-state index contributed by atoms with van der Waals surface area (Å²) in [4.78, 5) is 40.0. The molecule has 2 heterocycles. The zero-order chi connectivity index (χ0) is 28.8. The number of benzene rings is 3. The predicted molar refractivity (Wildman–Crippen MR) is 159 cm³/mol. The van der Waals surface area contributed by atoms with Gasteiger partial charge < -0.3 is 30.6 Å². The van der Waals surface area contributed by atoms with Gasteiger partial charge in [-0.2, -0.15) is 0 Å². The normalized spacial score (nSPS) is 24.0. The van der Waals surface area contributed by atoms with Crippen molar-refractivity contribution in [1.29, 1.82) is 0 Å². The summed E-state index contributed by atoms with van der Waals surface area (Å²) in [6, 6.07) is 19.4. The lowest BCUT2D eigenvalue weighted by Crippen LogP contribution is -2.46. The molecule has 5 rings (SSSR count). The molecule has 5 N–H and O–H groups in total. The number of ether oxygens (including phenoxy) is 1. The quantitative estimate of drug-likeness (QED) is 0.233. The molecule has 1 fully saturated rings. The van der Waals surface area contributed by atoms with Crippen molar-refractivity contribution in [3.63, 3.8) is 0 Å². The van der Waals surface area contributed by atoms with Crippen LogP contribution in [0.1, 0.15) is 34.8 Å². The molecule has 4 atom stereocenters. The summed E-state index contributed by atoms with van der Waals surface area (Å²) in [5, 5.41) is 13.1. The highest BCUT2D eigenvalue weighted by atomic mass is 35.5. The van der Waals surface area contributed by atoms with E-state index >= 15 is 0 Å². The fraction of sp³-hybridized carbons (Fsp3) is 0.333. The first-order valence-corrected chi connectivity index (χ1v) is 16.7. The third kappa shape index (κ3) is 4.93. The maximum atomic E-state index is 14.4. The lowest BCUT2D eigenvalue weighted by molar-refractivity contribution is -0.146. The van der Waals surface area contributed by atoms with Gasteiger partial charge in [-0.05, 0) is 79.7 Å². The number of carbonyl (C=O) groups excluding carboxylic acids is 2. The van der Waals surface area contributed by atoms with Gasteiger partial charge in [-0.25, -0.2) is 0 Å². The molecule has 0 unspecified atom stereocenters. The molecule has 3 aromatic carbocycles. The largest absolute Gasteiger partial charge is 0.432 e. The van der Waals surface area contributed by atoms with Crippen molar-refractivity contribution in [2.45, 2.75) is 50.2 Å². The molecular formula is C30H34ClN3O5Si. The summed E-state index contributed by atoms with van der Waals surface area (Å²) in [5.74, 6) is -0.827. The summed E-state index contributed by atoms with van der Waals surface area (Å²) >= 11 is 6.43. The van der Waals surface area contributed by atoms with E-state index in [2.05, 4.69) is 5.32 Å². The van der Waals surface area contributed by atoms with E-state index in [0.29, 0.717) is 39.6 Å². The van der Waals surface area contributed by atoms with Crippen LogP contribution in [-0.2, 0) is 21.7 Å². The van der Waals surface area contributed by atoms with Crippen molar-refractivity contribution in [3.05, 3.63) is 88.4 Å². The second-order valence-electron chi connectivity index (χ2n) is 11.2. The van der Waals surface area contributed by atoms with Crippen LogP contribution in [0, 0.1) is 5.92 Å². The summed E-state index contributed by atoms with van der Waals surface area (Å²) in [6.07, 6.45) is -0.138. The standard InChI is InChI=1S/C30H34ClN3O5Si/c1-18-27(40(2,3)38)26(13-14-35)39-30(18)24-16-21(31)9-12-25(24)34(29(30)37)17-19-5-4-6-23(15-19)33-28(36)20-7-10-22(32)11-8-20/h4-12,15-16,18,26-27,35,38H,13-14,17,32H2,1-3H3,(H,33,36)/t18-,26+,27-,30+/m0/s1. The van der Waals surface area contributed by atoms with E-state index in [1.54, 1.807) is 47.4 Å². The summed E-state index contributed by atoms with van der Waals surface area (Å²) < 4.78 is 6.60. The molecule has 8 nitrogen and oxygen atoms in total. The molecule has 2 aliphatic rings. The molecule has 3 aromatic rings. The molecule has 0 aliphatic carbocycles. The average Bonchev–Trinajstić information content (AvgIpc) is 3.31. The summed E-state index contributed by atoms with van der Waals surface area (Å²) in [6.45, 7) is 5.78. The van der Waals surface area contributed by atoms with E-state index < -0.39 is 20.0 Å². The Morgan fingerprint density at radius 2 is 1.88 bits per heavy atom. The van der Waals surface area contributed by atoms with E-state index in [0.717, 1.165) is 5.56 Å². The Balaban J connectivity index is 1.47. The van der Waals surface area contributed by atoms with E-state index in [-0.39, 0.29) is 36.4 Å². The smallest absolute Gasteiger partial charge is 0.264 e. The van der Waals surface area contributed by atoms with Gasteiger partial charge in [0.25, 0.3) is 11.8 Å². The molecule has 0 bridgehead atoms. The van der Waals surface area contributed by atoms with Gasteiger partial charge in [0.1, 0.15) is 0 Å². The van der Waals surface area contributed by atoms with Crippen LogP contribution in [0.3, 0.4) is 0 Å². The van der Waals surface area contributed by atoms with Crippen molar-refractivity contribution < 1.29 is 24.2 Å². The van der Waals surface area contributed by atoms with Crippen LogP contribution < -0.4 is 16.0 Å². The number of aliphatic hydroxyl groups excluding tert-OH is 1. The van der Waals surface area contributed by atoms with Gasteiger partial charge in [-0.3, -0.25) is 9.59 Å². The van der Waals surface area contributed by atoms with Gasteiger partial charge in [0, 0.05) is 45.6 Å². The molecular weight excluding hydrogens is 546 g/mol. The van der Waals surface area contributed by atoms with Crippen molar-refractivity contribution >= 4 is 48.8 Å². The number of carbonyl (C=O) groups is 2. The second kappa shape index (κ2) is 10.6. The summed E-state index contributed by atoms with van der Waals surface area (Å²) in [5.41, 5.74) is 7.99. The first kappa shape index (κ1) is 28.3. The van der Waals surface area contributed by atoms with Gasteiger partial charge in [0.05, 0.1) is 18.3 Å². The molecule has 10 heteroatoms. The molecule has 0 saturated carbocycles. The molecule has 40 heavy (non-hydrogen) atoms. The number of halogens is 1. The number of hydrogen-bond donors (Lipinski definition) is 4. The molecule has 2 amide bonds. The number of fused-ring (bicyclic) bond motifs is 2. The first-order chi connectivity index (χ1) is 19.0. The minimum Gasteiger partial charge on any atom is -0.432 e. The predicted octanol–water partition coefficient (Wildman–Crippen LogP) is 4.90. The minimum atomic E-state index is -2.78. The van der Waals surface area contributed by atoms with E-state index in [1.807, 2.05) is 44.3 Å². The van der Waals surface area contributed by atoms with Crippen LogP contribution in [0.15, 0.2) is 66.7 Å². The van der Waals surface area contributed by atoms with Gasteiger partial charge >= 0.3 is 0 Å². The third-order valence-electron chi connectivity index (χ3n) is 8.06. The number of hydrogen-bond acceptors (Lipinski definition) is 6. The highest BCUT2D eigenvalue weighted by Crippen LogP contribution is 2.60. The maximum Gasteiger partial charge on any atom is 0.264 e. The highest BCUT2D eigenvalue weighted by Gasteiger charge is 2.66. The number of amides is 2. The maximum absolute atomic E-state index is 14.4. The van der Waals surface area contributed by atoms with E-state index in [1.165, 1.54) is 0 Å². The van der Waals surface area contributed by atoms with Crippen LogP contribution in [0.4, 0.5) is 17.1 Å². The molecule has 0 radical (unpaired) electrons. The number of nitrogens with two attached hydrogens (primary N) is 1. The van der Waals surface area contributed by atoms with Gasteiger partial charge in [0.15, 0.2) is 13.9 Å². The Bertz CT molecular complexity index is 1440. The molecule has 2 aliphatic heterocycles. The van der Waals surface area contributed by atoms with Crippen molar-refractivity contribution in [2.75, 3.05) is 22.6 Å². The number of nitrogens with one attached hydrogen (secondary N) is 1. The Kier molecular flexibility index (Phi) is 7.54. The van der Waals surface area contributed by atoms with Crippen LogP contribution in [0.25, 0.3) is 0 Å². The fourth-order valence-corrected chi connectivity index (χ4v) is 9.15. The molecule has 1 saturated heterocycles. The Morgan fingerprint density at radius 3 is 2.55 bits per heavy atom. The number of rotatable bonds is 7. The van der Waals surface area contributed by atoms with Crippen molar-refractivity contribution in [2.24, 2.45) is 5.92 Å². The highest BCUT2D eigenvalue weighted by molar-refractivity contribution is 6.71. The van der Waals surface area contributed by atoms with Crippen LogP contribution in [-0.4, -0.2) is 42.7 Å². The van der Waals surface area contributed by atoms with Crippen molar-refractivity contribution in [1.82, 2.24) is 0 Å². The van der Waals surface area contributed by atoms with E-state index in [9.17, 15) is 19.5 Å². The monoisotopic (exact) mass is 579 g/mol. The number of anilines is 3. The lowest BCUT2D eigenvalue weighted by Gasteiger charge is -2.32. The third-order valence-corrected chi connectivity index (χ3v) is 10.8. The first-order valence-electron chi connectivity index (χ1n) is 13.3. The molecule has 210 valence electrons. The van der Waals surface area contributed by atoms with Gasteiger partial charge in [0.2, 0.25) is 0 Å². The minimum absolute atomic E-state index is 0.108. The van der Waals surface area contributed by atoms with Gasteiger partial charge in [-0.1, -0.05) is 30.7 Å². The van der Waals surface area contributed by atoms with Crippen LogP contribution >= 0.6 is 11.6 Å². The zero-order valence-corrected chi connectivity index (χ0v) is 24.5. The molecule has 0 aromatic heterocycles. The Labute approximate surface area is 239 Å². The fourth-order valence-electron chi connectivity index (χ4n) is 6.37. The number of nitrogens with zero attached hydrogens (tertiary/aromatic N) is 1. The topological polar surface area (TPSA) is 125 Å². The molecule has 1 spiro atoms. The average molecular weight is 580 g/mol. The lowest BCUT2D eigenvalue weighted by atomic mass is 9.82. The summed E-state index contributed by atoms with van der Waals surface area (Å²) in [7, 11) is -2.78. The number of aliphatic hydroxyl groups is 1. The van der Waals surface area contributed by atoms with Crippen LogP contribution in [0.2, 0.25) is 23.7 Å². The van der Waals surface area contributed by atoms with E-state index in [4.69, 9.17) is 22.1 Å². The van der Waals surface area contributed by atoms with Gasteiger partial charge in [-0.15, -0.1) is 0 Å². The second-order valence-corrected chi connectivity index (χ2v) is 15.6. The Hall–Kier alpha value is -3.21. The SMILES string of the molecule is C[C@H]1[C@H]([Si](C)(C)O)[C@@H](CCO)O[C@]12C(=O)N(Cc1cccc(NC(=O)c3ccc(N)cc3)c1)c1ccc(Cl)cc12. The number of nitrogen functional groups attached to an aromatic ring is 1.